The topological polar surface area (TPSA) is 52.7 Å². The molecule has 0 radical (unpaired) electrons. The Balaban J connectivity index is 1.17. The van der Waals surface area contributed by atoms with Crippen LogP contribution in [0.5, 0.6) is 0 Å². The summed E-state index contributed by atoms with van der Waals surface area (Å²) in [6.45, 7) is 4.53. The van der Waals surface area contributed by atoms with E-state index in [-0.39, 0.29) is 22.7 Å². The lowest BCUT2D eigenvalue weighted by molar-refractivity contribution is -0.138. The number of hydrogen-bond donors (Lipinski definition) is 1. The van der Waals surface area contributed by atoms with Crippen LogP contribution in [0.15, 0.2) is 48.5 Å². The molecule has 2 saturated heterocycles. The Morgan fingerprint density at radius 2 is 1.90 bits per heavy atom. The van der Waals surface area contributed by atoms with Crippen molar-refractivity contribution in [3.05, 3.63) is 65.2 Å². The number of amides is 2. The van der Waals surface area contributed by atoms with Gasteiger partial charge >= 0.3 is 0 Å². The molecule has 0 unspecified atom stereocenters. The molecule has 3 heterocycles. The molecule has 0 spiro atoms. The first-order valence-corrected chi connectivity index (χ1v) is 11.7. The van der Waals surface area contributed by atoms with Gasteiger partial charge in [0, 0.05) is 37.5 Å². The molecular weight excluding hydrogens is 394 g/mol. The Labute approximate surface area is 181 Å². The van der Waals surface area contributed by atoms with E-state index in [2.05, 4.69) is 65.7 Å². The SMILES string of the molecule is C[C@]12CCC(=O)N1[C@H](C(=O)NCc1ccc(CN3CCc4ccccc43)cc1)CS2. The van der Waals surface area contributed by atoms with Crippen molar-refractivity contribution in [2.24, 2.45) is 0 Å². The predicted octanol–water partition coefficient (Wildman–Crippen LogP) is 3.32. The van der Waals surface area contributed by atoms with Crippen LogP contribution in [-0.4, -0.2) is 39.9 Å². The Bertz CT molecular complexity index is 977. The third-order valence-corrected chi connectivity index (χ3v) is 8.10. The van der Waals surface area contributed by atoms with Crippen LogP contribution in [0.3, 0.4) is 0 Å². The van der Waals surface area contributed by atoms with E-state index >= 15 is 0 Å². The van der Waals surface area contributed by atoms with Crippen molar-refractivity contribution in [3.63, 3.8) is 0 Å². The van der Waals surface area contributed by atoms with E-state index in [4.69, 9.17) is 0 Å². The van der Waals surface area contributed by atoms with Gasteiger partial charge in [-0.1, -0.05) is 42.5 Å². The largest absolute Gasteiger partial charge is 0.367 e. The highest BCUT2D eigenvalue weighted by atomic mass is 32.2. The minimum atomic E-state index is -0.343. The highest BCUT2D eigenvalue weighted by molar-refractivity contribution is 8.01. The van der Waals surface area contributed by atoms with Crippen LogP contribution in [0.1, 0.15) is 36.5 Å². The zero-order valence-electron chi connectivity index (χ0n) is 17.3. The maximum atomic E-state index is 12.7. The summed E-state index contributed by atoms with van der Waals surface area (Å²) in [6.07, 6.45) is 2.50. The second-order valence-corrected chi connectivity index (χ2v) is 10.1. The number of carbonyl (C=O) groups excluding carboxylic acids is 2. The third kappa shape index (κ3) is 3.47. The smallest absolute Gasteiger partial charge is 0.243 e. The van der Waals surface area contributed by atoms with E-state index < -0.39 is 0 Å². The molecule has 2 amide bonds. The van der Waals surface area contributed by atoms with Gasteiger partial charge in [-0.25, -0.2) is 0 Å². The fourth-order valence-corrected chi connectivity index (χ4v) is 6.31. The zero-order chi connectivity index (χ0) is 20.7. The van der Waals surface area contributed by atoms with Crippen LogP contribution in [0, 0.1) is 0 Å². The molecule has 5 nitrogen and oxygen atoms in total. The number of nitrogens with zero attached hydrogens (tertiary/aromatic N) is 2. The number of para-hydroxylation sites is 1. The number of benzene rings is 2. The van der Waals surface area contributed by atoms with Gasteiger partial charge in [-0.15, -0.1) is 11.8 Å². The highest BCUT2D eigenvalue weighted by Crippen LogP contribution is 2.47. The van der Waals surface area contributed by atoms with E-state index in [1.54, 1.807) is 11.8 Å². The number of thioether (sulfide) groups is 1. The lowest BCUT2D eigenvalue weighted by Gasteiger charge is -2.29. The van der Waals surface area contributed by atoms with Gasteiger partial charge in [0.25, 0.3) is 0 Å². The third-order valence-electron chi connectivity index (χ3n) is 6.59. The van der Waals surface area contributed by atoms with Gasteiger partial charge in [0.2, 0.25) is 11.8 Å². The average Bonchev–Trinajstić information content (AvgIpc) is 3.41. The minimum absolute atomic E-state index is 0.0424. The van der Waals surface area contributed by atoms with Gasteiger partial charge in [0.05, 0.1) is 4.87 Å². The Hall–Kier alpha value is -2.47. The summed E-state index contributed by atoms with van der Waals surface area (Å²) in [5.41, 5.74) is 5.11. The van der Waals surface area contributed by atoms with Crippen molar-refractivity contribution in [2.75, 3.05) is 17.2 Å². The molecule has 6 heteroatoms. The summed E-state index contributed by atoms with van der Waals surface area (Å²) in [7, 11) is 0. The maximum absolute atomic E-state index is 12.7. The monoisotopic (exact) mass is 421 g/mol. The molecule has 0 aliphatic carbocycles. The second kappa shape index (κ2) is 7.65. The number of carbonyl (C=O) groups is 2. The molecule has 2 fully saturated rings. The lowest BCUT2D eigenvalue weighted by atomic mass is 10.1. The van der Waals surface area contributed by atoms with Crippen LogP contribution < -0.4 is 10.2 Å². The average molecular weight is 422 g/mol. The normalized spacial score (nSPS) is 24.8. The molecule has 1 N–H and O–H groups in total. The van der Waals surface area contributed by atoms with Crippen LogP contribution in [0.4, 0.5) is 5.69 Å². The molecule has 5 rings (SSSR count). The predicted molar refractivity (Wildman–Crippen MR) is 120 cm³/mol. The molecule has 3 aliphatic rings. The standard InChI is InChI=1S/C24H27N3O2S/c1-24-12-10-22(28)27(24)21(16-30-24)23(29)25-14-17-6-8-18(9-7-17)15-26-13-11-19-4-2-3-5-20(19)26/h2-9,21H,10-16H2,1H3,(H,25,29)/t21-,24-/m0/s1. The van der Waals surface area contributed by atoms with Crippen molar-refractivity contribution < 1.29 is 9.59 Å². The van der Waals surface area contributed by atoms with E-state index in [1.165, 1.54) is 16.8 Å². The van der Waals surface area contributed by atoms with Crippen molar-refractivity contribution in [1.82, 2.24) is 10.2 Å². The highest BCUT2D eigenvalue weighted by Gasteiger charge is 2.52. The molecule has 3 aliphatic heterocycles. The molecule has 156 valence electrons. The van der Waals surface area contributed by atoms with Gasteiger partial charge in [0.15, 0.2) is 0 Å². The van der Waals surface area contributed by atoms with Crippen molar-refractivity contribution >= 4 is 29.3 Å². The summed E-state index contributed by atoms with van der Waals surface area (Å²) in [5.74, 6) is 0.749. The van der Waals surface area contributed by atoms with Gasteiger partial charge < -0.3 is 15.1 Å². The number of anilines is 1. The lowest BCUT2D eigenvalue weighted by Crippen LogP contribution is -2.49. The van der Waals surface area contributed by atoms with E-state index in [0.29, 0.717) is 18.7 Å². The number of fused-ring (bicyclic) bond motifs is 2. The molecule has 0 saturated carbocycles. The van der Waals surface area contributed by atoms with Crippen molar-refractivity contribution in [1.29, 1.82) is 0 Å². The van der Waals surface area contributed by atoms with Gasteiger partial charge in [-0.2, -0.15) is 0 Å². The Morgan fingerprint density at radius 1 is 1.13 bits per heavy atom. The van der Waals surface area contributed by atoms with Crippen molar-refractivity contribution in [2.45, 2.75) is 50.2 Å². The van der Waals surface area contributed by atoms with Gasteiger partial charge in [-0.05, 0) is 42.5 Å². The fourth-order valence-electron chi connectivity index (χ4n) is 4.88. The Kier molecular flexibility index (Phi) is 4.97. The van der Waals surface area contributed by atoms with E-state index in [9.17, 15) is 9.59 Å². The second-order valence-electron chi connectivity index (χ2n) is 8.60. The first-order valence-electron chi connectivity index (χ1n) is 10.7. The van der Waals surface area contributed by atoms with Crippen LogP contribution in [-0.2, 0) is 29.1 Å². The molecule has 30 heavy (non-hydrogen) atoms. The summed E-state index contributed by atoms with van der Waals surface area (Å²) in [4.78, 5) is 29.0. The zero-order valence-corrected chi connectivity index (χ0v) is 18.1. The molecule has 0 bridgehead atoms. The van der Waals surface area contributed by atoms with Gasteiger partial charge in [0.1, 0.15) is 6.04 Å². The quantitative estimate of drug-likeness (QED) is 0.805. The molecule has 2 atom stereocenters. The molecule has 2 aromatic carbocycles. The summed E-state index contributed by atoms with van der Waals surface area (Å²) in [6, 6.07) is 16.7. The maximum Gasteiger partial charge on any atom is 0.243 e. The number of hydrogen-bond acceptors (Lipinski definition) is 4. The summed E-state index contributed by atoms with van der Waals surface area (Å²) < 4.78 is 0. The fraction of sp³-hybridized carbons (Fsp3) is 0.417. The Morgan fingerprint density at radius 3 is 2.73 bits per heavy atom. The number of nitrogens with one attached hydrogen (secondary N) is 1. The van der Waals surface area contributed by atoms with E-state index in [0.717, 1.165) is 31.5 Å². The van der Waals surface area contributed by atoms with E-state index in [1.807, 2.05) is 4.90 Å². The van der Waals surface area contributed by atoms with Crippen LogP contribution in [0.25, 0.3) is 0 Å². The summed E-state index contributed by atoms with van der Waals surface area (Å²) >= 11 is 1.73. The molecular formula is C24H27N3O2S. The number of rotatable bonds is 5. The van der Waals surface area contributed by atoms with Crippen molar-refractivity contribution in [3.8, 4) is 0 Å². The van der Waals surface area contributed by atoms with Gasteiger partial charge in [-0.3, -0.25) is 9.59 Å². The first kappa shape index (κ1) is 19.5. The molecule has 0 aromatic heterocycles. The van der Waals surface area contributed by atoms with Crippen LogP contribution >= 0.6 is 11.8 Å². The molecule has 2 aromatic rings. The summed E-state index contributed by atoms with van der Waals surface area (Å²) in [5, 5.41) is 3.04. The minimum Gasteiger partial charge on any atom is -0.367 e. The first-order chi connectivity index (χ1) is 14.5. The van der Waals surface area contributed by atoms with Crippen LogP contribution in [0.2, 0.25) is 0 Å².